The highest BCUT2D eigenvalue weighted by molar-refractivity contribution is 7.92. The van der Waals surface area contributed by atoms with Gasteiger partial charge in [-0.15, -0.1) is 0 Å². The Labute approximate surface area is 92.3 Å². The van der Waals surface area contributed by atoms with Crippen LogP contribution in [0.5, 0.6) is 0 Å². The third-order valence-corrected chi connectivity index (χ3v) is 3.12. The van der Waals surface area contributed by atoms with Crippen molar-refractivity contribution in [1.29, 1.82) is 0 Å². The summed E-state index contributed by atoms with van der Waals surface area (Å²) >= 11 is 5.51. The van der Waals surface area contributed by atoms with Crippen LogP contribution in [0.15, 0.2) is 18.2 Å². The molecule has 0 heterocycles. The predicted octanol–water partition coefficient (Wildman–Crippen LogP) is 1.18. The maximum absolute atomic E-state index is 13.2. The molecule has 3 N–H and O–H groups in total. The number of anilines is 1. The third-order valence-electron chi connectivity index (χ3n) is 1.58. The van der Waals surface area contributed by atoms with E-state index in [9.17, 15) is 12.8 Å². The Balaban J connectivity index is 2.90. The van der Waals surface area contributed by atoms with Gasteiger partial charge < -0.3 is 5.73 Å². The zero-order valence-corrected chi connectivity index (χ0v) is 9.28. The first-order chi connectivity index (χ1) is 6.94. The molecular formula is C8H10ClFN2O2S. The van der Waals surface area contributed by atoms with E-state index >= 15 is 0 Å². The monoisotopic (exact) mass is 252 g/mol. The van der Waals surface area contributed by atoms with E-state index in [1.165, 1.54) is 12.1 Å². The minimum absolute atomic E-state index is 0.0233. The van der Waals surface area contributed by atoms with Gasteiger partial charge in [0, 0.05) is 11.6 Å². The van der Waals surface area contributed by atoms with Gasteiger partial charge in [-0.05, 0) is 18.2 Å². The van der Waals surface area contributed by atoms with Crippen LogP contribution in [0.25, 0.3) is 0 Å². The summed E-state index contributed by atoms with van der Waals surface area (Å²) in [5, 5.41) is 0.203. The molecule has 0 unspecified atom stereocenters. The molecule has 0 saturated heterocycles. The highest BCUT2D eigenvalue weighted by Gasteiger charge is 2.11. The summed E-state index contributed by atoms with van der Waals surface area (Å²) in [5.74, 6) is -0.974. The Morgan fingerprint density at radius 3 is 2.67 bits per heavy atom. The molecule has 1 rings (SSSR count). The van der Waals surface area contributed by atoms with Crippen molar-refractivity contribution in [3.8, 4) is 0 Å². The number of halogens is 2. The molecule has 0 atom stereocenters. The zero-order valence-electron chi connectivity index (χ0n) is 7.70. The molecule has 0 saturated carbocycles. The summed E-state index contributed by atoms with van der Waals surface area (Å²) < 4.78 is 37.7. The molecule has 0 aromatic heterocycles. The topological polar surface area (TPSA) is 72.2 Å². The molecule has 7 heteroatoms. The van der Waals surface area contributed by atoms with Crippen LogP contribution in [-0.4, -0.2) is 20.7 Å². The lowest BCUT2D eigenvalue weighted by atomic mass is 10.3. The van der Waals surface area contributed by atoms with Crippen molar-refractivity contribution in [3.05, 3.63) is 29.0 Å². The van der Waals surface area contributed by atoms with Crippen LogP contribution in [0.2, 0.25) is 5.02 Å². The largest absolute Gasteiger partial charge is 0.329 e. The molecule has 1 aromatic rings. The van der Waals surface area contributed by atoms with Crippen molar-refractivity contribution < 1.29 is 12.8 Å². The van der Waals surface area contributed by atoms with Gasteiger partial charge >= 0.3 is 0 Å². The van der Waals surface area contributed by atoms with E-state index in [-0.39, 0.29) is 23.0 Å². The first-order valence-electron chi connectivity index (χ1n) is 4.10. The first-order valence-corrected chi connectivity index (χ1v) is 6.13. The quantitative estimate of drug-likeness (QED) is 0.845. The minimum Gasteiger partial charge on any atom is -0.329 e. The molecule has 0 bridgehead atoms. The van der Waals surface area contributed by atoms with Crippen molar-refractivity contribution >= 4 is 27.3 Å². The van der Waals surface area contributed by atoms with Crippen molar-refractivity contribution in [2.45, 2.75) is 0 Å². The van der Waals surface area contributed by atoms with Crippen LogP contribution in [0.4, 0.5) is 10.1 Å². The van der Waals surface area contributed by atoms with Gasteiger partial charge in [-0.25, -0.2) is 12.8 Å². The molecule has 4 nitrogen and oxygen atoms in total. The van der Waals surface area contributed by atoms with Gasteiger partial charge in [0.05, 0.1) is 11.4 Å². The molecule has 0 amide bonds. The van der Waals surface area contributed by atoms with Crippen LogP contribution in [0, 0.1) is 5.82 Å². The number of rotatable bonds is 4. The zero-order chi connectivity index (χ0) is 11.5. The van der Waals surface area contributed by atoms with Crippen molar-refractivity contribution in [2.24, 2.45) is 5.73 Å². The molecule has 0 radical (unpaired) electrons. The predicted molar refractivity (Wildman–Crippen MR) is 57.9 cm³/mol. The Bertz CT molecular complexity index is 450. The Kier molecular flexibility index (Phi) is 3.90. The fourth-order valence-electron chi connectivity index (χ4n) is 0.946. The normalized spacial score (nSPS) is 11.4. The van der Waals surface area contributed by atoms with Crippen LogP contribution in [0.3, 0.4) is 0 Å². The summed E-state index contributed by atoms with van der Waals surface area (Å²) in [6.45, 7) is -0.0233. The van der Waals surface area contributed by atoms with E-state index in [0.29, 0.717) is 0 Å². The van der Waals surface area contributed by atoms with Gasteiger partial charge in [0.15, 0.2) is 0 Å². The summed E-state index contributed by atoms with van der Waals surface area (Å²) in [7, 11) is -3.58. The molecule has 0 aliphatic carbocycles. The number of nitrogens with two attached hydrogens (primary N) is 1. The van der Waals surface area contributed by atoms with E-state index in [0.717, 1.165) is 6.07 Å². The summed E-state index contributed by atoms with van der Waals surface area (Å²) in [5.41, 5.74) is 4.96. The molecule has 0 fully saturated rings. The SMILES string of the molecule is NCCS(=O)(=O)Nc1ccc(Cl)cc1F. The summed E-state index contributed by atoms with van der Waals surface area (Å²) in [6.07, 6.45) is 0. The fraction of sp³-hybridized carbons (Fsp3) is 0.250. The van der Waals surface area contributed by atoms with Gasteiger partial charge in [0.1, 0.15) is 5.82 Å². The third kappa shape index (κ3) is 3.65. The number of hydrogen-bond acceptors (Lipinski definition) is 3. The van der Waals surface area contributed by atoms with Gasteiger partial charge in [0.2, 0.25) is 10.0 Å². The molecule has 84 valence electrons. The average Bonchev–Trinajstić information content (AvgIpc) is 2.09. The lowest BCUT2D eigenvalue weighted by Crippen LogP contribution is -2.22. The lowest BCUT2D eigenvalue weighted by molar-refractivity contribution is 0.598. The Morgan fingerprint density at radius 1 is 1.47 bits per heavy atom. The maximum atomic E-state index is 13.2. The smallest absolute Gasteiger partial charge is 0.234 e. The molecule has 0 spiro atoms. The molecule has 0 aliphatic heterocycles. The second-order valence-electron chi connectivity index (χ2n) is 2.83. The van der Waals surface area contributed by atoms with Crippen LogP contribution in [-0.2, 0) is 10.0 Å². The number of hydrogen-bond donors (Lipinski definition) is 2. The van der Waals surface area contributed by atoms with Crippen molar-refractivity contribution in [1.82, 2.24) is 0 Å². The first kappa shape index (κ1) is 12.2. The Morgan fingerprint density at radius 2 is 2.13 bits per heavy atom. The van der Waals surface area contributed by atoms with Crippen molar-refractivity contribution in [3.63, 3.8) is 0 Å². The second-order valence-corrected chi connectivity index (χ2v) is 5.11. The van der Waals surface area contributed by atoms with Gasteiger partial charge in [-0.1, -0.05) is 11.6 Å². The van der Waals surface area contributed by atoms with Crippen LogP contribution < -0.4 is 10.5 Å². The lowest BCUT2D eigenvalue weighted by Gasteiger charge is -2.07. The average molecular weight is 253 g/mol. The summed E-state index contributed by atoms with van der Waals surface area (Å²) in [6, 6.07) is 3.68. The molecule has 0 aliphatic rings. The molecular weight excluding hydrogens is 243 g/mol. The van der Waals surface area contributed by atoms with Gasteiger partial charge in [-0.3, -0.25) is 4.72 Å². The highest BCUT2D eigenvalue weighted by atomic mass is 35.5. The Hall–Kier alpha value is -0.850. The van der Waals surface area contributed by atoms with Gasteiger partial charge in [0.25, 0.3) is 0 Å². The minimum atomic E-state index is -3.58. The molecule has 15 heavy (non-hydrogen) atoms. The highest BCUT2D eigenvalue weighted by Crippen LogP contribution is 2.19. The number of nitrogens with one attached hydrogen (secondary N) is 1. The maximum Gasteiger partial charge on any atom is 0.234 e. The number of sulfonamides is 1. The van der Waals surface area contributed by atoms with Gasteiger partial charge in [-0.2, -0.15) is 0 Å². The second kappa shape index (κ2) is 4.78. The molecule has 1 aromatic carbocycles. The standard InChI is InChI=1S/C8H10ClFN2O2S/c9-6-1-2-8(7(10)5-6)12-15(13,14)4-3-11/h1-2,5,12H,3-4,11H2. The summed E-state index contributed by atoms with van der Waals surface area (Å²) in [4.78, 5) is 0. The van der Waals surface area contributed by atoms with Crippen LogP contribution in [0.1, 0.15) is 0 Å². The fourth-order valence-corrected chi connectivity index (χ4v) is 2.02. The van der Waals surface area contributed by atoms with E-state index in [1.807, 2.05) is 0 Å². The van der Waals surface area contributed by atoms with Crippen molar-refractivity contribution in [2.75, 3.05) is 17.0 Å². The van der Waals surface area contributed by atoms with E-state index in [4.69, 9.17) is 17.3 Å². The number of benzene rings is 1. The van der Waals surface area contributed by atoms with E-state index in [2.05, 4.69) is 4.72 Å². The van der Waals surface area contributed by atoms with E-state index < -0.39 is 15.8 Å². The van der Waals surface area contributed by atoms with Crippen LogP contribution >= 0.6 is 11.6 Å². The van der Waals surface area contributed by atoms with E-state index in [1.54, 1.807) is 0 Å².